The highest BCUT2D eigenvalue weighted by atomic mass is 35.5. The van der Waals surface area contributed by atoms with Crippen molar-refractivity contribution >= 4 is 27.5 Å². The minimum atomic E-state index is -4.24. The van der Waals surface area contributed by atoms with Gasteiger partial charge < -0.3 is 4.74 Å². The third kappa shape index (κ3) is 5.76. The van der Waals surface area contributed by atoms with Crippen LogP contribution in [0, 0.1) is 11.7 Å². The van der Waals surface area contributed by atoms with Crippen LogP contribution in [0.5, 0.6) is 5.75 Å². The molecule has 2 heterocycles. The average molecular weight is 473 g/mol. The average Bonchev–Trinajstić information content (AvgIpc) is 2.82. The third-order valence-electron chi connectivity index (χ3n) is 5.36. The summed E-state index contributed by atoms with van der Waals surface area (Å²) in [6, 6.07) is 1.55. The van der Waals surface area contributed by atoms with E-state index in [4.69, 9.17) is 16.3 Å². The largest absolute Gasteiger partial charge is 0.492 e. The number of halogens is 5. The van der Waals surface area contributed by atoms with Gasteiger partial charge in [-0.1, -0.05) is 11.6 Å². The molecule has 1 amide bonds. The first kappa shape index (κ1) is 23.1. The van der Waals surface area contributed by atoms with Crippen molar-refractivity contribution < 1.29 is 35.5 Å². The van der Waals surface area contributed by atoms with E-state index in [2.05, 4.69) is 0 Å². The van der Waals surface area contributed by atoms with Gasteiger partial charge in [-0.2, -0.15) is 13.2 Å². The van der Waals surface area contributed by atoms with E-state index in [9.17, 15) is 30.8 Å². The van der Waals surface area contributed by atoms with Crippen LogP contribution in [0.15, 0.2) is 12.1 Å². The van der Waals surface area contributed by atoms with Crippen molar-refractivity contribution in [2.75, 3.05) is 19.4 Å². The minimum Gasteiger partial charge on any atom is -0.492 e. The molecule has 0 spiro atoms. The number of carbonyl (C=O) groups is 1. The van der Waals surface area contributed by atoms with E-state index in [0.717, 1.165) is 18.4 Å². The number of fused-ring (bicyclic) bond motifs is 2. The number of benzene rings is 1. The highest BCUT2D eigenvalue weighted by Crippen LogP contribution is 2.40. The molecule has 2 aliphatic rings. The van der Waals surface area contributed by atoms with Gasteiger partial charge in [-0.3, -0.25) is 9.69 Å². The Labute approximate surface area is 176 Å². The van der Waals surface area contributed by atoms with Gasteiger partial charge in [-0.15, -0.1) is 0 Å². The van der Waals surface area contributed by atoms with Crippen LogP contribution in [0.4, 0.5) is 17.6 Å². The third-order valence-corrected chi connectivity index (χ3v) is 6.21. The first-order valence-electron chi connectivity index (χ1n) is 9.29. The van der Waals surface area contributed by atoms with Crippen molar-refractivity contribution in [2.24, 2.45) is 5.92 Å². The normalized spacial score (nSPS) is 24.7. The second kappa shape index (κ2) is 8.51. The van der Waals surface area contributed by atoms with Crippen LogP contribution in [0.3, 0.4) is 0 Å². The fraction of sp³-hybridized carbons (Fsp3) is 0.611. The molecule has 0 aromatic heterocycles. The van der Waals surface area contributed by atoms with Crippen LogP contribution < -0.4 is 9.46 Å². The van der Waals surface area contributed by atoms with Gasteiger partial charge in [0.1, 0.15) is 11.6 Å². The molecule has 2 saturated heterocycles. The Morgan fingerprint density at radius 3 is 2.40 bits per heavy atom. The molecule has 0 saturated carbocycles. The second-order valence-electron chi connectivity index (χ2n) is 7.79. The summed E-state index contributed by atoms with van der Waals surface area (Å²) in [4.78, 5) is 13.4. The second-order valence-corrected chi connectivity index (χ2v) is 9.94. The molecule has 1 N–H and O–H groups in total. The lowest BCUT2D eigenvalue weighted by molar-refractivity contribution is -0.157. The maximum atomic E-state index is 14.3. The maximum Gasteiger partial charge on any atom is 0.401 e. The Morgan fingerprint density at radius 1 is 1.27 bits per heavy atom. The number of nitrogens with zero attached hydrogens (tertiary/aromatic N) is 1. The fourth-order valence-electron chi connectivity index (χ4n) is 4.23. The molecule has 168 valence electrons. The van der Waals surface area contributed by atoms with Crippen molar-refractivity contribution in [1.82, 2.24) is 9.62 Å². The predicted octanol–water partition coefficient (Wildman–Crippen LogP) is 3.35. The predicted molar refractivity (Wildman–Crippen MR) is 102 cm³/mol. The van der Waals surface area contributed by atoms with E-state index in [0.29, 0.717) is 25.7 Å². The summed E-state index contributed by atoms with van der Waals surface area (Å²) < 4.78 is 82.1. The van der Waals surface area contributed by atoms with Crippen molar-refractivity contribution in [1.29, 1.82) is 0 Å². The first-order chi connectivity index (χ1) is 13.8. The van der Waals surface area contributed by atoms with Gasteiger partial charge >= 0.3 is 6.18 Å². The number of ether oxygens (including phenoxy) is 1. The molecule has 6 nitrogen and oxygen atoms in total. The monoisotopic (exact) mass is 472 g/mol. The molecule has 0 unspecified atom stereocenters. The summed E-state index contributed by atoms with van der Waals surface area (Å²) in [6.45, 7) is -0.759. The molecule has 1 aromatic carbocycles. The standard InChI is InChI=1S/C18H21ClF4N2O4S/c1-30(27,28)24-17(26)13-6-14(19)16(7-15(13)20)29-8-10-4-11-2-3-12(5-10)25(11)9-18(21,22)23/h6-7,10-12H,2-5,8-9H2,1H3,(H,24,26)/t10-,11+,12-. The summed E-state index contributed by atoms with van der Waals surface area (Å²) in [5, 5.41) is -0.0764. The first-order valence-corrected chi connectivity index (χ1v) is 11.6. The SMILES string of the molecule is CS(=O)(=O)NC(=O)c1cc(Cl)c(OC[C@H]2C[C@H]3CC[C@@H](C2)N3CC(F)(F)F)cc1F. The number of nitrogens with one attached hydrogen (secondary N) is 1. The van der Waals surface area contributed by atoms with Crippen LogP contribution in [-0.4, -0.2) is 56.9 Å². The Hall–Kier alpha value is -1.59. The Morgan fingerprint density at radius 2 is 1.87 bits per heavy atom. The smallest absolute Gasteiger partial charge is 0.401 e. The van der Waals surface area contributed by atoms with Crippen molar-refractivity contribution in [3.05, 3.63) is 28.5 Å². The summed E-state index contributed by atoms with van der Waals surface area (Å²) in [5.74, 6) is -2.18. The number of hydrogen-bond acceptors (Lipinski definition) is 5. The van der Waals surface area contributed by atoms with E-state index in [1.807, 2.05) is 0 Å². The van der Waals surface area contributed by atoms with E-state index in [1.165, 1.54) is 4.90 Å². The quantitative estimate of drug-likeness (QED) is 0.643. The molecular weight excluding hydrogens is 452 g/mol. The zero-order valence-electron chi connectivity index (χ0n) is 16.0. The molecular formula is C18H21ClF4N2O4S. The molecule has 2 aliphatic heterocycles. The lowest BCUT2D eigenvalue weighted by Gasteiger charge is -2.39. The van der Waals surface area contributed by atoms with Crippen molar-refractivity contribution in [3.63, 3.8) is 0 Å². The summed E-state index contributed by atoms with van der Waals surface area (Å²) >= 11 is 6.05. The van der Waals surface area contributed by atoms with Gasteiger partial charge in [0.15, 0.2) is 0 Å². The highest BCUT2D eigenvalue weighted by molar-refractivity contribution is 7.89. The fourth-order valence-corrected chi connectivity index (χ4v) is 4.90. The zero-order chi connectivity index (χ0) is 22.3. The lowest BCUT2D eigenvalue weighted by Crippen LogP contribution is -2.48. The van der Waals surface area contributed by atoms with E-state index >= 15 is 0 Å². The number of hydrogen-bond donors (Lipinski definition) is 1. The Kier molecular flexibility index (Phi) is 6.54. The number of piperidine rings is 1. The summed E-state index contributed by atoms with van der Waals surface area (Å²) in [6.07, 6.45) is -0.980. The van der Waals surface area contributed by atoms with Gasteiger partial charge in [-0.25, -0.2) is 17.5 Å². The summed E-state index contributed by atoms with van der Waals surface area (Å²) in [7, 11) is -3.87. The Bertz CT molecular complexity index is 911. The molecule has 0 radical (unpaired) electrons. The molecule has 2 fully saturated rings. The van der Waals surface area contributed by atoms with Gasteiger partial charge in [-0.05, 0) is 37.7 Å². The van der Waals surface area contributed by atoms with E-state index in [1.54, 1.807) is 4.72 Å². The van der Waals surface area contributed by atoms with Crippen LogP contribution in [0.1, 0.15) is 36.0 Å². The molecule has 30 heavy (non-hydrogen) atoms. The highest BCUT2D eigenvalue weighted by Gasteiger charge is 2.45. The van der Waals surface area contributed by atoms with Crippen molar-refractivity contribution in [2.45, 2.75) is 43.9 Å². The molecule has 1 aromatic rings. The number of carbonyl (C=O) groups excluding carboxylic acids is 1. The van der Waals surface area contributed by atoms with Gasteiger partial charge in [0, 0.05) is 18.2 Å². The minimum absolute atomic E-state index is 0.000629. The number of sulfonamides is 1. The van der Waals surface area contributed by atoms with Gasteiger partial charge in [0.25, 0.3) is 5.91 Å². The van der Waals surface area contributed by atoms with Gasteiger partial charge in [0.05, 0.1) is 30.0 Å². The molecule has 3 atom stereocenters. The zero-order valence-corrected chi connectivity index (χ0v) is 17.6. The van der Waals surface area contributed by atoms with Crippen molar-refractivity contribution in [3.8, 4) is 5.75 Å². The number of rotatable bonds is 6. The lowest BCUT2D eigenvalue weighted by atomic mass is 9.91. The maximum absolute atomic E-state index is 14.3. The van der Waals surface area contributed by atoms with Crippen LogP contribution in [-0.2, 0) is 10.0 Å². The molecule has 0 aliphatic carbocycles. The molecule has 12 heteroatoms. The Balaban J connectivity index is 1.62. The summed E-state index contributed by atoms with van der Waals surface area (Å²) in [5.41, 5.74) is -0.545. The number of alkyl halides is 3. The van der Waals surface area contributed by atoms with Gasteiger partial charge in [0.2, 0.25) is 10.0 Å². The van der Waals surface area contributed by atoms with E-state index in [-0.39, 0.29) is 35.4 Å². The number of amides is 1. The van der Waals surface area contributed by atoms with Crippen LogP contribution in [0.25, 0.3) is 0 Å². The molecule has 3 rings (SSSR count). The topological polar surface area (TPSA) is 75.7 Å². The molecule has 2 bridgehead atoms. The van der Waals surface area contributed by atoms with Crippen LogP contribution >= 0.6 is 11.6 Å². The van der Waals surface area contributed by atoms with E-state index < -0.39 is 40.0 Å². The van der Waals surface area contributed by atoms with Crippen LogP contribution in [0.2, 0.25) is 5.02 Å².